The van der Waals surface area contributed by atoms with Gasteiger partial charge in [-0.1, -0.05) is 19.8 Å². The van der Waals surface area contributed by atoms with Crippen molar-refractivity contribution in [1.82, 2.24) is 10.2 Å². The second kappa shape index (κ2) is 6.75. The Kier molecular flexibility index (Phi) is 5.30. The topological polar surface area (TPSA) is 15.3 Å². The monoisotopic (exact) mass is 238 g/mol. The van der Waals surface area contributed by atoms with Crippen molar-refractivity contribution in [3.8, 4) is 0 Å². The first-order chi connectivity index (χ1) is 8.24. The fraction of sp³-hybridized carbons (Fsp3) is 1.00. The van der Waals surface area contributed by atoms with Crippen molar-refractivity contribution < 1.29 is 0 Å². The molecule has 1 aliphatic carbocycles. The van der Waals surface area contributed by atoms with Gasteiger partial charge in [0, 0.05) is 6.04 Å². The quantitative estimate of drug-likeness (QED) is 0.813. The molecule has 1 N–H and O–H groups in total. The Morgan fingerprint density at radius 1 is 1.00 bits per heavy atom. The highest BCUT2D eigenvalue weighted by atomic mass is 15.1. The highest BCUT2D eigenvalue weighted by Crippen LogP contribution is 2.27. The number of hydrogen-bond acceptors (Lipinski definition) is 2. The third-order valence-corrected chi connectivity index (χ3v) is 4.78. The SMILES string of the molecule is CC1CCC(CNC2CCCN(C)CC2)CC1. The second-order valence-corrected chi connectivity index (χ2v) is 6.47. The van der Waals surface area contributed by atoms with Gasteiger partial charge >= 0.3 is 0 Å². The van der Waals surface area contributed by atoms with E-state index in [1.165, 1.54) is 64.6 Å². The molecule has 2 rings (SSSR count). The summed E-state index contributed by atoms with van der Waals surface area (Å²) in [6.45, 7) is 6.25. The van der Waals surface area contributed by atoms with Crippen molar-refractivity contribution in [3.05, 3.63) is 0 Å². The lowest BCUT2D eigenvalue weighted by atomic mass is 9.83. The summed E-state index contributed by atoms with van der Waals surface area (Å²) in [6.07, 6.45) is 9.93. The van der Waals surface area contributed by atoms with Crippen LogP contribution in [-0.4, -0.2) is 37.6 Å². The van der Waals surface area contributed by atoms with Gasteiger partial charge in [-0.05, 0) is 70.6 Å². The van der Waals surface area contributed by atoms with Crippen LogP contribution in [0.25, 0.3) is 0 Å². The maximum atomic E-state index is 3.84. The molecule has 1 saturated heterocycles. The van der Waals surface area contributed by atoms with Gasteiger partial charge in [-0.2, -0.15) is 0 Å². The lowest BCUT2D eigenvalue weighted by Crippen LogP contribution is -2.35. The predicted molar refractivity (Wildman–Crippen MR) is 74.3 cm³/mol. The standard InChI is InChI=1S/C15H30N2/c1-13-5-7-14(8-6-13)12-16-15-4-3-10-17(2)11-9-15/h13-16H,3-12H2,1-2H3. The largest absolute Gasteiger partial charge is 0.314 e. The van der Waals surface area contributed by atoms with E-state index in [0.717, 1.165) is 17.9 Å². The van der Waals surface area contributed by atoms with Gasteiger partial charge in [-0.15, -0.1) is 0 Å². The van der Waals surface area contributed by atoms with Crippen molar-refractivity contribution in [3.63, 3.8) is 0 Å². The number of rotatable bonds is 3. The van der Waals surface area contributed by atoms with Crippen LogP contribution in [0, 0.1) is 11.8 Å². The van der Waals surface area contributed by atoms with E-state index in [1.54, 1.807) is 0 Å². The fourth-order valence-corrected chi connectivity index (χ4v) is 3.31. The van der Waals surface area contributed by atoms with Gasteiger partial charge in [0.1, 0.15) is 0 Å². The Morgan fingerprint density at radius 2 is 1.76 bits per heavy atom. The lowest BCUT2D eigenvalue weighted by molar-refractivity contribution is 0.269. The smallest absolute Gasteiger partial charge is 0.00798 e. The zero-order chi connectivity index (χ0) is 12.1. The predicted octanol–water partition coefficient (Wildman–Crippen LogP) is 2.89. The summed E-state index contributed by atoms with van der Waals surface area (Å²) in [5.74, 6) is 1.95. The molecule has 1 aliphatic heterocycles. The minimum atomic E-state index is 0.791. The molecular formula is C15H30N2. The third-order valence-electron chi connectivity index (χ3n) is 4.78. The maximum Gasteiger partial charge on any atom is 0.00798 e. The first-order valence-corrected chi connectivity index (χ1v) is 7.66. The van der Waals surface area contributed by atoms with E-state index in [2.05, 4.69) is 24.2 Å². The molecule has 0 amide bonds. The minimum Gasteiger partial charge on any atom is -0.314 e. The highest BCUT2D eigenvalue weighted by Gasteiger charge is 2.20. The first-order valence-electron chi connectivity index (χ1n) is 7.66. The first kappa shape index (κ1) is 13.4. The molecule has 1 unspecified atom stereocenters. The van der Waals surface area contributed by atoms with E-state index in [-0.39, 0.29) is 0 Å². The molecule has 2 heteroatoms. The number of hydrogen-bond donors (Lipinski definition) is 1. The van der Waals surface area contributed by atoms with Crippen LogP contribution in [0.2, 0.25) is 0 Å². The van der Waals surface area contributed by atoms with Crippen LogP contribution in [0.4, 0.5) is 0 Å². The number of nitrogens with zero attached hydrogens (tertiary/aromatic N) is 1. The Balaban J connectivity index is 1.64. The number of likely N-dealkylation sites (tertiary alicyclic amines) is 1. The Labute approximate surface area is 107 Å². The molecule has 1 heterocycles. The summed E-state index contributed by atoms with van der Waals surface area (Å²) < 4.78 is 0. The summed E-state index contributed by atoms with van der Waals surface area (Å²) in [5, 5.41) is 3.84. The molecule has 2 nitrogen and oxygen atoms in total. The van der Waals surface area contributed by atoms with Gasteiger partial charge in [-0.3, -0.25) is 0 Å². The fourth-order valence-electron chi connectivity index (χ4n) is 3.31. The van der Waals surface area contributed by atoms with Gasteiger partial charge in [0.2, 0.25) is 0 Å². The van der Waals surface area contributed by atoms with E-state index in [0.29, 0.717) is 0 Å². The molecule has 0 aromatic rings. The zero-order valence-corrected chi connectivity index (χ0v) is 11.8. The maximum absolute atomic E-state index is 3.84. The van der Waals surface area contributed by atoms with Gasteiger partial charge in [0.15, 0.2) is 0 Å². The molecule has 0 bridgehead atoms. The van der Waals surface area contributed by atoms with E-state index in [1.807, 2.05) is 0 Å². The van der Waals surface area contributed by atoms with Crippen molar-refractivity contribution in [2.24, 2.45) is 11.8 Å². The van der Waals surface area contributed by atoms with Crippen molar-refractivity contribution in [2.45, 2.75) is 57.9 Å². The normalized spacial score (nSPS) is 36.7. The second-order valence-electron chi connectivity index (χ2n) is 6.47. The molecule has 0 radical (unpaired) electrons. The summed E-state index contributed by atoms with van der Waals surface area (Å²) in [6, 6.07) is 0.791. The van der Waals surface area contributed by atoms with Crippen molar-refractivity contribution in [2.75, 3.05) is 26.7 Å². The molecule has 0 spiro atoms. The van der Waals surface area contributed by atoms with Crippen LogP contribution in [-0.2, 0) is 0 Å². The average molecular weight is 238 g/mol. The summed E-state index contributed by atoms with van der Waals surface area (Å²) in [5.41, 5.74) is 0. The average Bonchev–Trinajstić information content (AvgIpc) is 2.54. The Morgan fingerprint density at radius 3 is 2.53 bits per heavy atom. The van der Waals surface area contributed by atoms with Crippen LogP contribution in [0.15, 0.2) is 0 Å². The molecule has 1 saturated carbocycles. The minimum absolute atomic E-state index is 0.791. The molecule has 1 atom stereocenters. The molecule has 17 heavy (non-hydrogen) atoms. The van der Waals surface area contributed by atoms with Crippen LogP contribution in [0.3, 0.4) is 0 Å². The number of nitrogens with one attached hydrogen (secondary N) is 1. The molecule has 2 fully saturated rings. The van der Waals surface area contributed by atoms with Crippen LogP contribution >= 0.6 is 0 Å². The van der Waals surface area contributed by atoms with Crippen LogP contribution < -0.4 is 5.32 Å². The molecule has 0 aromatic heterocycles. The van der Waals surface area contributed by atoms with Crippen LogP contribution in [0.1, 0.15) is 51.9 Å². The third kappa shape index (κ3) is 4.59. The van der Waals surface area contributed by atoms with Crippen LogP contribution in [0.5, 0.6) is 0 Å². The summed E-state index contributed by atoms with van der Waals surface area (Å²) in [4.78, 5) is 2.48. The van der Waals surface area contributed by atoms with E-state index in [9.17, 15) is 0 Å². The molecule has 100 valence electrons. The van der Waals surface area contributed by atoms with Crippen molar-refractivity contribution in [1.29, 1.82) is 0 Å². The summed E-state index contributed by atoms with van der Waals surface area (Å²) in [7, 11) is 2.25. The Hall–Kier alpha value is -0.0800. The van der Waals surface area contributed by atoms with E-state index >= 15 is 0 Å². The van der Waals surface area contributed by atoms with Gasteiger partial charge in [0.25, 0.3) is 0 Å². The lowest BCUT2D eigenvalue weighted by Gasteiger charge is -2.28. The van der Waals surface area contributed by atoms with Gasteiger partial charge < -0.3 is 10.2 Å². The van der Waals surface area contributed by atoms with Gasteiger partial charge in [0.05, 0.1) is 0 Å². The molecule has 0 aromatic carbocycles. The van der Waals surface area contributed by atoms with Gasteiger partial charge in [-0.25, -0.2) is 0 Å². The zero-order valence-electron chi connectivity index (χ0n) is 11.8. The van der Waals surface area contributed by atoms with E-state index < -0.39 is 0 Å². The Bertz CT molecular complexity index is 209. The molecular weight excluding hydrogens is 208 g/mol. The molecule has 2 aliphatic rings. The summed E-state index contributed by atoms with van der Waals surface area (Å²) >= 11 is 0. The highest BCUT2D eigenvalue weighted by molar-refractivity contribution is 4.77. The van der Waals surface area contributed by atoms with Crippen molar-refractivity contribution >= 4 is 0 Å². The van der Waals surface area contributed by atoms with E-state index in [4.69, 9.17) is 0 Å².